The van der Waals surface area contributed by atoms with E-state index in [1.54, 1.807) is 0 Å². The highest BCUT2D eigenvalue weighted by atomic mass is 16.7. The van der Waals surface area contributed by atoms with Gasteiger partial charge in [-0.25, -0.2) is 4.79 Å². The second-order valence-electron chi connectivity index (χ2n) is 11.3. The van der Waals surface area contributed by atoms with Crippen LogP contribution in [0.15, 0.2) is 0 Å². The molecule has 0 unspecified atom stereocenters. The van der Waals surface area contributed by atoms with Crippen molar-refractivity contribution in [2.75, 3.05) is 26.4 Å². The highest BCUT2D eigenvalue weighted by Gasteiger charge is 2.50. The second kappa shape index (κ2) is 15.1. The van der Waals surface area contributed by atoms with Gasteiger partial charge in [-0.2, -0.15) is 0 Å². The van der Waals surface area contributed by atoms with Gasteiger partial charge in [0, 0.05) is 6.61 Å². The molecule has 8 N–H and O–H groups in total. The third-order valence-corrected chi connectivity index (χ3v) is 8.39. The van der Waals surface area contributed by atoms with Crippen LogP contribution >= 0.6 is 0 Å². The fraction of sp³-hybridized carbons (Fsp3) is 0.962. The number of carboxylic acids is 1. The molecule has 3 heterocycles. The number of ether oxygens (including phenoxy) is 6. The molecule has 0 bridgehead atoms. The van der Waals surface area contributed by atoms with Gasteiger partial charge in [-0.1, -0.05) is 32.1 Å². The Morgan fingerprint density at radius 2 is 1.49 bits per heavy atom. The first kappa shape index (κ1) is 32.9. The number of aliphatic carboxylic acids is 1. The average Bonchev–Trinajstić information content (AvgIpc) is 2.97. The van der Waals surface area contributed by atoms with E-state index in [1.165, 1.54) is 0 Å². The summed E-state index contributed by atoms with van der Waals surface area (Å²) >= 11 is 0. The van der Waals surface area contributed by atoms with E-state index in [2.05, 4.69) is 0 Å². The topological polar surface area (TPSA) is 234 Å². The summed E-state index contributed by atoms with van der Waals surface area (Å²) < 4.78 is 34.2. The molecule has 41 heavy (non-hydrogen) atoms. The Morgan fingerprint density at radius 1 is 0.780 bits per heavy atom. The van der Waals surface area contributed by atoms with Gasteiger partial charge in [0.25, 0.3) is 0 Å². The van der Waals surface area contributed by atoms with Crippen LogP contribution in [-0.4, -0.2) is 153 Å². The first-order valence-electron chi connectivity index (χ1n) is 14.3. The van der Waals surface area contributed by atoms with E-state index in [0.29, 0.717) is 0 Å². The van der Waals surface area contributed by atoms with Crippen LogP contribution in [0.3, 0.4) is 0 Å². The summed E-state index contributed by atoms with van der Waals surface area (Å²) in [5.41, 5.74) is 0. The predicted molar refractivity (Wildman–Crippen MR) is 134 cm³/mol. The minimum absolute atomic E-state index is 0.114. The van der Waals surface area contributed by atoms with Crippen LogP contribution in [0.5, 0.6) is 0 Å². The monoisotopic (exact) mass is 596 g/mol. The lowest BCUT2D eigenvalue weighted by Crippen LogP contribution is -2.63. The van der Waals surface area contributed by atoms with Gasteiger partial charge in [0.2, 0.25) is 0 Å². The van der Waals surface area contributed by atoms with Crippen molar-refractivity contribution in [3.63, 3.8) is 0 Å². The Morgan fingerprint density at radius 3 is 2.15 bits per heavy atom. The highest BCUT2D eigenvalue weighted by molar-refractivity contribution is 5.72. The molecule has 0 radical (unpaired) electrons. The fourth-order valence-corrected chi connectivity index (χ4v) is 5.99. The lowest BCUT2D eigenvalue weighted by molar-refractivity contribution is -0.351. The quantitative estimate of drug-likeness (QED) is 0.121. The molecule has 4 fully saturated rings. The van der Waals surface area contributed by atoms with E-state index in [0.717, 1.165) is 32.1 Å². The van der Waals surface area contributed by atoms with Crippen molar-refractivity contribution in [3.8, 4) is 0 Å². The first-order chi connectivity index (χ1) is 19.6. The number of carbonyl (C=O) groups is 1. The minimum atomic E-state index is -1.68. The largest absolute Gasteiger partial charge is 0.479 e. The van der Waals surface area contributed by atoms with Crippen LogP contribution in [0.25, 0.3) is 0 Å². The number of hydrogen-bond acceptors (Lipinski definition) is 14. The fourth-order valence-electron chi connectivity index (χ4n) is 5.99. The van der Waals surface area contributed by atoms with E-state index in [-0.39, 0.29) is 32.0 Å². The number of aliphatic hydroxyl groups excluding tert-OH is 7. The maximum absolute atomic E-state index is 12.1. The van der Waals surface area contributed by atoms with Crippen molar-refractivity contribution in [2.24, 2.45) is 5.92 Å². The van der Waals surface area contributed by atoms with Crippen LogP contribution in [0.4, 0.5) is 0 Å². The smallest absolute Gasteiger partial charge is 0.332 e. The number of hydrogen-bond donors (Lipinski definition) is 8. The summed E-state index contributed by atoms with van der Waals surface area (Å²) in [7, 11) is 0. The van der Waals surface area contributed by atoms with Gasteiger partial charge in [0.15, 0.2) is 18.7 Å². The van der Waals surface area contributed by atoms with Gasteiger partial charge in [-0.3, -0.25) is 0 Å². The third-order valence-electron chi connectivity index (χ3n) is 8.39. The lowest BCUT2D eigenvalue weighted by Gasteiger charge is -2.46. The Bertz CT molecular complexity index is 812. The molecule has 0 aromatic carbocycles. The van der Waals surface area contributed by atoms with Gasteiger partial charge < -0.3 is 69.3 Å². The Balaban J connectivity index is 1.47. The van der Waals surface area contributed by atoms with Crippen molar-refractivity contribution in [3.05, 3.63) is 0 Å². The molecule has 3 aliphatic heterocycles. The molecule has 15 nitrogen and oxygen atoms in total. The van der Waals surface area contributed by atoms with Crippen molar-refractivity contribution < 1.29 is 74.1 Å². The van der Waals surface area contributed by atoms with Gasteiger partial charge in [-0.15, -0.1) is 0 Å². The van der Waals surface area contributed by atoms with Gasteiger partial charge in [-0.05, 0) is 18.8 Å². The summed E-state index contributed by atoms with van der Waals surface area (Å²) in [5.74, 6) is -1.10. The first-order valence-corrected chi connectivity index (χ1v) is 14.3. The number of carboxylic acid groups (broad SMARTS) is 1. The summed E-state index contributed by atoms with van der Waals surface area (Å²) in [6.07, 6.45) is -12.5. The molecule has 0 aromatic heterocycles. The van der Waals surface area contributed by atoms with E-state index in [9.17, 15) is 45.6 Å². The van der Waals surface area contributed by atoms with Crippen molar-refractivity contribution >= 4 is 5.97 Å². The molecule has 1 saturated carbocycles. The molecular formula is C26H44O15. The van der Waals surface area contributed by atoms with Gasteiger partial charge in [0.05, 0.1) is 25.9 Å². The Labute approximate surface area is 237 Å². The van der Waals surface area contributed by atoms with E-state index in [4.69, 9.17) is 28.4 Å². The zero-order valence-electron chi connectivity index (χ0n) is 22.8. The molecule has 0 spiro atoms. The summed E-state index contributed by atoms with van der Waals surface area (Å²) in [4.78, 5) is 12.1. The van der Waals surface area contributed by atoms with Crippen LogP contribution in [0.1, 0.15) is 44.9 Å². The van der Waals surface area contributed by atoms with Crippen molar-refractivity contribution in [2.45, 2.75) is 125 Å². The van der Waals surface area contributed by atoms with Gasteiger partial charge in [0.1, 0.15) is 54.9 Å². The molecule has 3 saturated heterocycles. The molecule has 0 aromatic rings. The molecular weight excluding hydrogens is 552 g/mol. The molecule has 4 aliphatic rings. The minimum Gasteiger partial charge on any atom is -0.479 e. The zero-order valence-corrected chi connectivity index (χ0v) is 22.8. The van der Waals surface area contributed by atoms with Crippen molar-refractivity contribution in [1.82, 2.24) is 0 Å². The predicted octanol–water partition coefficient (Wildman–Crippen LogP) is -2.78. The summed E-state index contributed by atoms with van der Waals surface area (Å²) in [5, 5.41) is 81.6. The average molecular weight is 597 g/mol. The van der Waals surface area contributed by atoms with Crippen molar-refractivity contribution in [1.29, 1.82) is 0 Å². The summed E-state index contributed by atoms with van der Waals surface area (Å²) in [6, 6.07) is 0. The molecule has 238 valence electrons. The number of aliphatic hydroxyl groups is 7. The van der Waals surface area contributed by atoms with Crippen LogP contribution in [0, 0.1) is 5.92 Å². The molecule has 13 atom stereocenters. The molecule has 15 heteroatoms. The van der Waals surface area contributed by atoms with Crippen LogP contribution in [0.2, 0.25) is 0 Å². The maximum Gasteiger partial charge on any atom is 0.332 e. The normalized spacial score (nSPS) is 43.5. The second-order valence-corrected chi connectivity index (χ2v) is 11.3. The molecule has 0 amide bonds. The molecule has 4 rings (SSSR count). The maximum atomic E-state index is 12.1. The van der Waals surface area contributed by atoms with Crippen LogP contribution in [-0.2, 0) is 33.2 Å². The summed E-state index contributed by atoms with van der Waals surface area (Å²) in [6.45, 7) is -1.40. The van der Waals surface area contributed by atoms with Gasteiger partial charge >= 0.3 is 5.97 Å². The third kappa shape index (κ3) is 7.92. The molecule has 1 aliphatic carbocycles. The number of rotatable bonds is 11. The Kier molecular flexibility index (Phi) is 12.1. The SMILES string of the molecule is O=C(O)[C@H](CC1CCCCC1)O[C@@H]1[C@@H](O)[C@@H](O[C@H]2CCO[C@H](CO)[C@@H]2O[C@H]2OC[C@H](O)[C@@H](O)[C@@H]2O)O[C@@H](CO)[C@H]1O. The standard InChI is InChI=1S/C26H44O15/c27-9-16-19(31)23(38-15(24(34)35)8-12-4-2-1-3-5-12)21(33)26(40-16)39-14-6-7-36-17(10-28)22(14)41-25-20(32)18(30)13(29)11-37-25/h12-23,25-33H,1-11H2,(H,34,35)/t13-,14-,15-,16-,17+,18+,19+,20-,21+,22+,23-,25+,26-/m0/s1. The van der Waals surface area contributed by atoms with E-state index < -0.39 is 98.9 Å². The van der Waals surface area contributed by atoms with E-state index in [1.807, 2.05) is 0 Å². The lowest BCUT2D eigenvalue weighted by atomic mass is 9.85. The highest BCUT2D eigenvalue weighted by Crippen LogP contribution is 2.33. The zero-order chi connectivity index (χ0) is 29.7. The Hall–Kier alpha value is -1.05. The van der Waals surface area contributed by atoms with Crippen LogP contribution < -0.4 is 0 Å². The van der Waals surface area contributed by atoms with E-state index >= 15 is 0 Å².